The highest BCUT2D eigenvalue weighted by Gasteiger charge is 2.18. The minimum atomic E-state index is 0.316. The van der Waals surface area contributed by atoms with Gasteiger partial charge in [-0.3, -0.25) is 4.57 Å². The van der Waals surface area contributed by atoms with Gasteiger partial charge in [-0.05, 0) is 25.5 Å². The molecule has 1 aromatic heterocycles. The lowest BCUT2D eigenvalue weighted by Crippen LogP contribution is -2.08. The molecule has 0 spiro atoms. The van der Waals surface area contributed by atoms with Gasteiger partial charge in [-0.15, -0.1) is 10.2 Å². The van der Waals surface area contributed by atoms with E-state index in [1.807, 2.05) is 25.1 Å². The van der Waals surface area contributed by atoms with Crippen molar-refractivity contribution in [2.24, 2.45) is 0 Å². The lowest BCUT2D eigenvalue weighted by Gasteiger charge is -2.15. The largest absolute Gasteiger partial charge is 0.283 e. The van der Waals surface area contributed by atoms with Crippen molar-refractivity contribution in [2.45, 2.75) is 19.3 Å². The number of aryl methyl sites for hydroxylation is 1. The van der Waals surface area contributed by atoms with Crippen LogP contribution in [0, 0.1) is 6.92 Å². The number of para-hydroxylation sites is 1. The Morgan fingerprint density at radius 1 is 1.11 bits per heavy atom. The van der Waals surface area contributed by atoms with E-state index in [9.17, 15) is 0 Å². The molecule has 1 heterocycles. The van der Waals surface area contributed by atoms with E-state index >= 15 is 0 Å². The summed E-state index contributed by atoms with van der Waals surface area (Å²) in [5.41, 5.74) is 1.12. The third-order valence-electron chi connectivity index (χ3n) is 3.18. The summed E-state index contributed by atoms with van der Waals surface area (Å²) in [7, 11) is 0. The van der Waals surface area contributed by atoms with Crippen LogP contribution in [0.1, 0.15) is 24.0 Å². The summed E-state index contributed by atoms with van der Waals surface area (Å²) in [6.45, 7) is 1.99. The minimum Gasteiger partial charge on any atom is -0.283 e. The first kappa shape index (κ1) is 11.0. The predicted octanol–water partition coefficient (Wildman–Crippen LogP) is 3.18. The first-order valence-electron chi connectivity index (χ1n) is 6.17. The highest BCUT2D eigenvalue weighted by Crippen LogP contribution is 2.25. The molecule has 1 aromatic carbocycles. The number of benzene rings is 1. The summed E-state index contributed by atoms with van der Waals surface area (Å²) >= 11 is 0. The minimum absolute atomic E-state index is 0.316. The van der Waals surface area contributed by atoms with Crippen molar-refractivity contribution in [3.63, 3.8) is 0 Å². The maximum absolute atomic E-state index is 4.34. The molecule has 3 rings (SSSR count). The quantitative estimate of drug-likeness (QED) is 0.803. The lowest BCUT2D eigenvalue weighted by atomic mass is 10.00. The molecule has 1 aliphatic carbocycles. The van der Waals surface area contributed by atoms with Crippen molar-refractivity contribution in [3.8, 4) is 5.69 Å². The van der Waals surface area contributed by atoms with Crippen LogP contribution < -0.4 is 0 Å². The highest BCUT2D eigenvalue weighted by atomic mass is 15.3. The maximum Gasteiger partial charge on any atom is 0.144 e. The summed E-state index contributed by atoms with van der Waals surface area (Å²) in [5, 5.41) is 8.57. The second-order valence-electron chi connectivity index (χ2n) is 4.43. The summed E-state index contributed by atoms with van der Waals surface area (Å²) in [4.78, 5) is 0. The predicted molar refractivity (Wildman–Crippen MR) is 71.7 cm³/mol. The second kappa shape index (κ2) is 4.61. The van der Waals surface area contributed by atoms with Crippen LogP contribution in [0.5, 0.6) is 0 Å². The van der Waals surface area contributed by atoms with E-state index in [1.165, 1.54) is 0 Å². The normalized spacial score (nSPS) is 18.2. The SMILES string of the molecule is Cc1nnc(C2C=CC=CC2)n1-c1ccccc1. The Labute approximate surface area is 106 Å². The third kappa shape index (κ3) is 1.88. The van der Waals surface area contributed by atoms with Crippen LogP contribution in [0.25, 0.3) is 5.69 Å². The van der Waals surface area contributed by atoms with Gasteiger partial charge in [0.05, 0.1) is 0 Å². The molecule has 0 bridgehead atoms. The third-order valence-corrected chi connectivity index (χ3v) is 3.18. The molecule has 90 valence electrons. The topological polar surface area (TPSA) is 30.7 Å². The van der Waals surface area contributed by atoms with Gasteiger partial charge in [0.25, 0.3) is 0 Å². The van der Waals surface area contributed by atoms with E-state index in [0.29, 0.717) is 5.92 Å². The van der Waals surface area contributed by atoms with Gasteiger partial charge in [-0.25, -0.2) is 0 Å². The van der Waals surface area contributed by atoms with E-state index < -0.39 is 0 Å². The van der Waals surface area contributed by atoms with Gasteiger partial charge in [0.15, 0.2) is 0 Å². The zero-order chi connectivity index (χ0) is 12.4. The Bertz CT molecular complexity index is 593. The van der Waals surface area contributed by atoms with Crippen molar-refractivity contribution in [2.75, 3.05) is 0 Å². The molecule has 3 nitrogen and oxygen atoms in total. The summed E-state index contributed by atoms with van der Waals surface area (Å²) in [6.07, 6.45) is 9.49. The molecule has 0 amide bonds. The van der Waals surface area contributed by atoms with Gasteiger partial charge in [-0.1, -0.05) is 42.5 Å². The van der Waals surface area contributed by atoms with Crippen LogP contribution in [0.2, 0.25) is 0 Å². The van der Waals surface area contributed by atoms with Crippen LogP contribution in [-0.4, -0.2) is 14.8 Å². The average Bonchev–Trinajstić information content (AvgIpc) is 2.83. The Kier molecular flexibility index (Phi) is 2.81. The Morgan fingerprint density at radius 2 is 1.94 bits per heavy atom. The molecule has 2 aromatic rings. The Morgan fingerprint density at radius 3 is 2.67 bits per heavy atom. The summed E-state index contributed by atoms with van der Waals surface area (Å²) in [6, 6.07) is 10.3. The molecule has 18 heavy (non-hydrogen) atoms. The van der Waals surface area contributed by atoms with E-state index in [1.54, 1.807) is 0 Å². The van der Waals surface area contributed by atoms with Gasteiger partial charge >= 0.3 is 0 Å². The first-order valence-corrected chi connectivity index (χ1v) is 6.17. The number of nitrogens with zero attached hydrogens (tertiary/aromatic N) is 3. The Hall–Kier alpha value is -2.16. The zero-order valence-corrected chi connectivity index (χ0v) is 10.3. The van der Waals surface area contributed by atoms with Gasteiger partial charge in [0.1, 0.15) is 11.6 Å². The molecule has 0 radical (unpaired) electrons. The maximum atomic E-state index is 4.34. The lowest BCUT2D eigenvalue weighted by molar-refractivity contribution is 0.742. The van der Waals surface area contributed by atoms with Crippen molar-refractivity contribution in [1.82, 2.24) is 14.8 Å². The van der Waals surface area contributed by atoms with Crippen molar-refractivity contribution in [1.29, 1.82) is 0 Å². The van der Waals surface area contributed by atoms with E-state index in [2.05, 4.69) is 51.2 Å². The molecule has 0 aliphatic heterocycles. The molecule has 1 unspecified atom stereocenters. The van der Waals surface area contributed by atoms with E-state index in [-0.39, 0.29) is 0 Å². The molecule has 0 saturated heterocycles. The van der Waals surface area contributed by atoms with E-state index in [0.717, 1.165) is 23.8 Å². The number of hydrogen-bond acceptors (Lipinski definition) is 2. The van der Waals surface area contributed by atoms with Crippen LogP contribution in [-0.2, 0) is 0 Å². The fourth-order valence-corrected chi connectivity index (χ4v) is 2.29. The van der Waals surface area contributed by atoms with Crippen molar-refractivity contribution < 1.29 is 0 Å². The highest BCUT2D eigenvalue weighted by molar-refractivity contribution is 5.35. The fourth-order valence-electron chi connectivity index (χ4n) is 2.29. The molecular formula is C15H15N3. The fraction of sp³-hybridized carbons (Fsp3) is 0.200. The first-order chi connectivity index (χ1) is 8.86. The standard InChI is InChI=1S/C15H15N3/c1-12-16-17-15(13-8-4-2-5-9-13)18(12)14-10-6-3-7-11-14/h2-8,10-11,13H,9H2,1H3. The number of rotatable bonds is 2. The van der Waals surface area contributed by atoms with Gasteiger partial charge in [0, 0.05) is 11.6 Å². The molecule has 3 heteroatoms. The van der Waals surface area contributed by atoms with Crippen LogP contribution in [0.15, 0.2) is 54.6 Å². The Balaban J connectivity index is 2.07. The number of allylic oxidation sites excluding steroid dienone is 4. The summed E-state index contributed by atoms with van der Waals surface area (Å²) in [5.74, 6) is 2.26. The zero-order valence-electron chi connectivity index (χ0n) is 10.3. The van der Waals surface area contributed by atoms with Gasteiger partial charge in [-0.2, -0.15) is 0 Å². The summed E-state index contributed by atoms with van der Waals surface area (Å²) < 4.78 is 2.13. The smallest absolute Gasteiger partial charge is 0.144 e. The molecule has 0 saturated carbocycles. The second-order valence-corrected chi connectivity index (χ2v) is 4.43. The van der Waals surface area contributed by atoms with Crippen LogP contribution >= 0.6 is 0 Å². The number of hydrogen-bond donors (Lipinski definition) is 0. The van der Waals surface area contributed by atoms with Gasteiger partial charge in [0.2, 0.25) is 0 Å². The van der Waals surface area contributed by atoms with Crippen LogP contribution in [0.4, 0.5) is 0 Å². The van der Waals surface area contributed by atoms with Crippen LogP contribution in [0.3, 0.4) is 0 Å². The monoisotopic (exact) mass is 237 g/mol. The van der Waals surface area contributed by atoms with Crippen molar-refractivity contribution >= 4 is 0 Å². The molecular weight excluding hydrogens is 222 g/mol. The number of aromatic nitrogens is 3. The van der Waals surface area contributed by atoms with E-state index in [4.69, 9.17) is 0 Å². The average molecular weight is 237 g/mol. The molecule has 1 atom stereocenters. The molecule has 1 aliphatic rings. The molecule has 0 fully saturated rings. The molecule has 0 N–H and O–H groups in total. The van der Waals surface area contributed by atoms with Gasteiger partial charge < -0.3 is 0 Å². The van der Waals surface area contributed by atoms with Crippen molar-refractivity contribution in [3.05, 3.63) is 66.3 Å².